The van der Waals surface area contributed by atoms with Gasteiger partial charge in [0.15, 0.2) is 0 Å². The van der Waals surface area contributed by atoms with Gasteiger partial charge >= 0.3 is 0 Å². The second-order valence-corrected chi connectivity index (χ2v) is 7.55. The molecule has 5 nitrogen and oxygen atoms in total. The van der Waals surface area contributed by atoms with E-state index in [0.717, 1.165) is 38.2 Å². The van der Waals surface area contributed by atoms with Gasteiger partial charge in [-0.05, 0) is 31.0 Å². The minimum absolute atomic E-state index is 0.171. The van der Waals surface area contributed by atoms with Crippen LogP contribution in [0.1, 0.15) is 41.7 Å². The lowest BCUT2D eigenvalue weighted by molar-refractivity contribution is -0.0535. The summed E-state index contributed by atoms with van der Waals surface area (Å²) in [7, 11) is 0. The Morgan fingerprint density at radius 2 is 2.12 bits per heavy atom. The fraction of sp³-hybridized carbons (Fsp3) is 0.526. The van der Waals surface area contributed by atoms with E-state index >= 15 is 0 Å². The van der Waals surface area contributed by atoms with E-state index in [4.69, 9.17) is 15.5 Å². The molecule has 0 aliphatic carbocycles. The average Bonchev–Trinajstić information content (AvgIpc) is 3.29. The molecular weight excluding hydrogens is 338 g/mol. The average molecular weight is 360 g/mol. The highest BCUT2D eigenvalue weighted by molar-refractivity contribution is 5.25. The molecule has 1 aromatic carbocycles. The minimum Gasteiger partial charge on any atom is -0.370 e. The third kappa shape index (κ3) is 2.57. The van der Waals surface area contributed by atoms with E-state index in [1.54, 1.807) is 0 Å². The Morgan fingerprint density at radius 3 is 2.96 bits per heavy atom. The van der Waals surface area contributed by atoms with Crippen molar-refractivity contribution in [1.29, 1.82) is 0 Å². The highest BCUT2D eigenvalue weighted by atomic mass is 19.1. The summed E-state index contributed by atoms with van der Waals surface area (Å²) in [5.41, 5.74) is 9.01. The second-order valence-electron chi connectivity index (χ2n) is 7.55. The zero-order valence-corrected chi connectivity index (χ0v) is 14.5. The van der Waals surface area contributed by atoms with Crippen molar-refractivity contribution >= 4 is 0 Å². The number of aryl methyl sites for hydroxylation is 1. The van der Waals surface area contributed by atoms with Gasteiger partial charge in [0.25, 0.3) is 0 Å². The number of ether oxygens (including phenoxy) is 1. The van der Waals surface area contributed by atoms with Gasteiger partial charge < -0.3 is 15.0 Å². The van der Waals surface area contributed by atoms with Crippen LogP contribution in [0, 0.1) is 11.6 Å². The number of benzene rings is 1. The number of rotatable bonds is 2. The Bertz CT molecular complexity index is 852. The van der Waals surface area contributed by atoms with Crippen LogP contribution in [0.5, 0.6) is 0 Å². The van der Waals surface area contributed by atoms with Crippen LogP contribution in [0.4, 0.5) is 8.78 Å². The number of hydrogen-bond acceptors (Lipinski definition) is 4. The topological polar surface area (TPSA) is 56.3 Å². The fourth-order valence-electron chi connectivity index (χ4n) is 4.60. The van der Waals surface area contributed by atoms with Crippen molar-refractivity contribution < 1.29 is 13.5 Å². The van der Waals surface area contributed by atoms with Gasteiger partial charge in [-0.25, -0.2) is 13.8 Å². The van der Waals surface area contributed by atoms with Gasteiger partial charge in [-0.15, -0.1) is 0 Å². The number of aromatic nitrogens is 2. The molecule has 1 fully saturated rings. The zero-order chi connectivity index (χ0) is 17.8. The molecular formula is C19H22F2N4O. The first-order valence-corrected chi connectivity index (χ1v) is 9.23. The van der Waals surface area contributed by atoms with Crippen molar-refractivity contribution in [3.05, 3.63) is 52.6 Å². The summed E-state index contributed by atoms with van der Waals surface area (Å²) in [4.78, 5) is 7.13. The molecule has 2 N–H and O–H groups in total. The molecule has 4 heterocycles. The Labute approximate surface area is 150 Å². The predicted octanol–water partition coefficient (Wildman–Crippen LogP) is 2.28. The first kappa shape index (κ1) is 16.4. The maximum Gasteiger partial charge on any atom is 0.129 e. The number of nitrogens with zero attached hydrogens (tertiary/aromatic N) is 3. The molecule has 2 aromatic rings. The third-order valence-electron chi connectivity index (χ3n) is 5.90. The molecule has 26 heavy (non-hydrogen) atoms. The Kier molecular flexibility index (Phi) is 3.84. The number of halogens is 2. The maximum atomic E-state index is 14.1. The Hall–Kier alpha value is -1.83. The molecule has 0 amide bonds. The quantitative estimate of drug-likeness (QED) is 0.893. The van der Waals surface area contributed by atoms with E-state index in [9.17, 15) is 8.78 Å². The standard InChI is InChI=1S/C19H22F2N4O/c20-11-3-4-14(21)13(6-11)19-15(22)7-12(10-26-19)24-8-16-17(9-24)25-5-1-2-18(25)23-16/h3-4,6,12,15,19H,1-2,5,7-10,22H2/t12-,15+,19-/m1/s1. The van der Waals surface area contributed by atoms with Crippen LogP contribution in [-0.2, 0) is 30.8 Å². The number of hydrogen-bond donors (Lipinski definition) is 1. The molecule has 3 aliphatic rings. The first-order chi connectivity index (χ1) is 12.6. The number of fused-ring (bicyclic) bond motifs is 3. The fourth-order valence-corrected chi connectivity index (χ4v) is 4.60. The summed E-state index contributed by atoms with van der Waals surface area (Å²) in [6.07, 6.45) is 2.34. The second kappa shape index (κ2) is 6.11. The summed E-state index contributed by atoms with van der Waals surface area (Å²) >= 11 is 0. The first-order valence-electron chi connectivity index (χ1n) is 9.23. The summed E-state index contributed by atoms with van der Waals surface area (Å²) in [6.45, 7) is 3.20. The summed E-state index contributed by atoms with van der Waals surface area (Å²) < 4.78 is 35.8. The summed E-state index contributed by atoms with van der Waals surface area (Å²) in [6, 6.07) is 3.24. The molecule has 3 atom stereocenters. The molecule has 0 radical (unpaired) electrons. The smallest absolute Gasteiger partial charge is 0.129 e. The third-order valence-corrected chi connectivity index (χ3v) is 5.90. The van der Waals surface area contributed by atoms with Crippen molar-refractivity contribution in [3.8, 4) is 0 Å². The van der Waals surface area contributed by atoms with Crippen LogP contribution in [0.2, 0.25) is 0 Å². The molecule has 5 rings (SSSR count). The lowest BCUT2D eigenvalue weighted by Crippen LogP contribution is -2.47. The molecule has 0 saturated carbocycles. The highest BCUT2D eigenvalue weighted by Crippen LogP contribution is 2.35. The normalized spacial score (nSPS) is 28.3. The molecule has 1 aromatic heterocycles. The van der Waals surface area contributed by atoms with Crippen molar-refractivity contribution in [3.63, 3.8) is 0 Å². The molecule has 0 unspecified atom stereocenters. The van der Waals surface area contributed by atoms with Gasteiger partial charge in [0, 0.05) is 43.7 Å². The van der Waals surface area contributed by atoms with Gasteiger partial charge in [-0.2, -0.15) is 0 Å². The van der Waals surface area contributed by atoms with E-state index in [0.29, 0.717) is 13.0 Å². The number of imidazole rings is 1. The molecule has 7 heteroatoms. The van der Waals surface area contributed by atoms with Crippen LogP contribution in [0.25, 0.3) is 0 Å². The lowest BCUT2D eigenvalue weighted by Gasteiger charge is -2.38. The summed E-state index contributed by atoms with van der Waals surface area (Å²) in [5, 5.41) is 0. The Morgan fingerprint density at radius 1 is 1.23 bits per heavy atom. The van der Waals surface area contributed by atoms with Gasteiger partial charge in [0.1, 0.15) is 23.6 Å². The van der Waals surface area contributed by atoms with Crippen molar-refractivity contribution in [2.75, 3.05) is 6.61 Å². The molecule has 0 bridgehead atoms. The molecule has 0 spiro atoms. The van der Waals surface area contributed by atoms with Gasteiger partial charge in [0.05, 0.1) is 18.0 Å². The van der Waals surface area contributed by atoms with Gasteiger partial charge in [-0.3, -0.25) is 4.90 Å². The van der Waals surface area contributed by atoms with E-state index < -0.39 is 17.7 Å². The zero-order valence-electron chi connectivity index (χ0n) is 14.5. The number of nitrogens with two attached hydrogens (primary N) is 1. The maximum absolute atomic E-state index is 14.1. The van der Waals surface area contributed by atoms with Gasteiger partial charge in [0.2, 0.25) is 0 Å². The Balaban J connectivity index is 1.29. The molecule has 1 saturated heterocycles. The van der Waals surface area contributed by atoms with Crippen LogP contribution in [-0.4, -0.2) is 33.1 Å². The van der Waals surface area contributed by atoms with Crippen LogP contribution in [0.3, 0.4) is 0 Å². The predicted molar refractivity (Wildman–Crippen MR) is 91.2 cm³/mol. The van der Waals surface area contributed by atoms with E-state index in [-0.39, 0.29) is 17.6 Å². The van der Waals surface area contributed by atoms with Crippen LogP contribution in [0.15, 0.2) is 18.2 Å². The highest BCUT2D eigenvalue weighted by Gasteiger charge is 2.38. The van der Waals surface area contributed by atoms with E-state index in [1.807, 2.05) is 0 Å². The largest absolute Gasteiger partial charge is 0.370 e. The minimum atomic E-state index is -0.604. The van der Waals surface area contributed by atoms with Crippen molar-refractivity contribution in [2.45, 2.75) is 57.1 Å². The molecule has 3 aliphatic heterocycles. The van der Waals surface area contributed by atoms with Crippen LogP contribution < -0.4 is 5.73 Å². The molecule has 138 valence electrons. The monoisotopic (exact) mass is 360 g/mol. The van der Waals surface area contributed by atoms with Crippen molar-refractivity contribution in [2.24, 2.45) is 5.73 Å². The van der Waals surface area contributed by atoms with E-state index in [2.05, 4.69) is 9.47 Å². The van der Waals surface area contributed by atoms with E-state index in [1.165, 1.54) is 29.7 Å². The van der Waals surface area contributed by atoms with Crippen LogP contribution >= 0.6 is 0 Å². The van der Waals surface area contributed by atoms with Crippen molar-refractivity contribution in [1.82, 2.24) is 14.5 Å². The van der Waals surface area contributed by atoms with Gasteiger partial charge in [-0.1, -0.05) is 0 Å². The summed E-state index contributed by atoms with van der Waals surface area (Å²) in [5.74, 6) is 0.273. The SMILES string of the molecule is N[C@H]1C[C@@H](N2Cc3nc4n(c3C2)CCC4)CO[C@@H]1c1cc(F)ccc1F. The lowest BCUT2D eigenvalue weighted by atomic mass is 9.93.